The Morgan fingerprint density at radius 1 is 1.21 bits per heavy atom. The number of hydrogen-bond acceptors (Lipinski definition) is 3. The van der Waals surface area contributed by atoms with Gasteiger partial charge in [-0.05, 0) is 12.1 Å². The number of ether oxygens (including phenoxy) is 1. The van der Waals surface area contributed by atoms with Crippen LogP contribution in [0.3, 0.4) is 0 Å². The summed E-state index contributed by atoms with van der Waals surface area (Å²) in [6.45, 7) is 0.370. The van der Waals surface area contributed by atoms with Crippen molar-refractivity contribution < 1.29 is 14.3 Å². The average molecular weight is 188 g/mol. The van der Waals surface area contributed by atoms with Gasteiger partial charge < -0.3 is 14.3 Å². The van der Waals surface area contributed by atoms with Gasteiger partial charge >= 0.3 is 0 Å². The van der Waals surface area contributed by atoms with Gasteiger partial charge in [-0.15, -0.1) is 0 Å². The van der Waals surface area contributed by atoms with Crippen molar-refractivity contribution in [2.75, 3.05) is 0 Å². The molecule has 3 nitrogen and oxygen atoms in total. The van der Waals surface area contributed by atoms with Crippen LogP contribution in [0.1, 0.15) is 5.56 Å². The molecule has 0 saturated carbocycles. The van der Waals surface area contributed by atoms with Crippen molar-refractivity contribution in [3.8, 4) is 22.8 Å². The molecule has 0 spiro atoms. The topological polar surface area (TPSA) is 42.6 Å². The molecule has 0 atom stereocenters. The summed E-state index contributed by atoms with van der Waals surface area (Å²) in [5.41, 5.74) is 1.62. The zero-order valence-electron chi connectivity index (χ0n) is 7.36. The fourth-order valence-corrected chi connectivity index (χ4v) is 1.67. The summed E-state index contributed by atoms with van der Waals surface area (Å²) in [5, 5.41) is 9.45. The van der Waals surface area contributed by atoms with Crippen molar-refractivity contribution in [2.24, 2.45) is 0 Å². The number of benzene rings is 1. The van der Waals surface area contributed by atoms with Crippen LogP contribution in [-0.2, 0) is 6.61 Å². The minimum atomic E-state index is 0.162. The van der Waals surface area contributed by atoms with Crippen molar-refractivity contribution >= 4 is 0 Å². The molecule has 0 bridgehead atoms. The Kier molecular flexibility index (Phi) is 1.36. The van der Waals surface area contributed by atoms with E-state index in [1.165, 1.54) is 6.26 Å². The third-order valence-corrected chi connectivity index (χ3v) is 2.38. The van der Waals surface area contributed by atoms with Crippen molar-refractivity contribution in [3.05, 3.63) is 36.1 Å². The highest BCUT2D eigenvalue weighted by Crippen LogP contribution is 2.41. The van der Waals surface area contributed by atoms with Gasteiger partial charge in [-0.3, -0.25) is 0 Å². The molecule has 1 aromatic carbocycles. The lowest BCUT2D eigenvalue weighted by Gasteiger charge is -2.15. The number of furan rings is 1. The summed E-state index contributed by atoms with van der Waals surface area (Å²) in [7, 11) is 0. The molecular formula is C11H8O3. The molecule has 0 radical (unpaired) electrons. The number of rotatable bonds is 0. The smallest absolute Gasteiger partial charge is 0.161 e. The number of fused-ring (bicyclic) bond motifs is 3. The molecule has 1 N–H and O–H groups in total. The van der Waals surface area contributed by atoms with Crippen LogP contribution in [0.25, 0.3) is 11.3 Å². The molecule has 0 saturated heterocycles. The Morgan fingerprint density at radius 3 is 3.00 bits per heavy atom. The molecule has 1 aromatic heterocycles. The Morgan fingerprint density at radius 2 is 2.07 bits per heavy atom. The predicted octanol–water partition coefficient (Wildman–Crippen LogP) is 2.54. The number of para-hydroxylation sites is 1. The lowest BCUT2D eigenvalue weighted by Crippen LogP contribution is -2.02. The molecule has 70 valence electrons. The predicted molar refractivity (Wildman–Crippen MR) is 50.1 cm³/mol. The van der Waals surface area contributed by atoms with Crippen LogP contribution in [0.4, 0.5) is 0 Å². The van der Waals surface area contributed by atoms with Crippen LogP contribution < -0.4 is 4.74 Å². The normalized spacial score (nSPS) is 12.9. The first-order chi connectivity index (χ1) is 6.86. The minimum absolute atomic E-state index is 0.162. The third-order valence-electron chi connectivity index (χ3n) is 2.38. The van der Waals surface area contributed by atoms with E-state index in [1.54, 1.807) is 0 Å². The molecule has 0 aliphatic carbocycles. The van der Waals surface area contributed by atoms with Crippen molar-refractivity contribution in [3.63, 3.8) is 0 Å². The SMILES string of the molecule is Oc1coc2c1COc1ccccc1-2. The largest absolute Gasteiger partial charge is 0.504 e. The highest BCUT2D eigenvalue weighted by molar-refractivity contribution is 5.72. The zero-order valence-corrected chi connectivity index (χ0v) is 7.36. The van der Waals surface area contributed by atoms with Crippen LogP contribution in [0.2, 0.25) is 0 Å². The highest BCUT2D eigenvalue weighted by atomic mass is 16.5. The lowest BCUT2D eigenvalue weighted by molar-refractivity contribution is 0.294. The third kappa shape index (κ3) is 0.865. The van der Waals surface area contributed by atoms with Crippen molar-refractivity contribution in [1.29, 1.82) is 0 Å². The molecule has 0 amide bonds. The Bertz CT molecular complexity index is 485. The fraction of sp³-hybridized carbons (Fsp3) is 0.0909. The molecule has 2 heterocycles. The van der Waals surface area contributed by atoms with E-state index < -0.39 is 0 Å². The quantitative estimate of drug-likeness (QED) is 0.690. The molecule has 0 fully saturated rings. The van der Waals surface area contributed by atoms with Crippen LogP contribution >= 0.6 is 0 Å². The van der Waals surface area contributed by atoms with E-state index in [0.29, 0.717) is 12.4 Å². The summed E-state index contributed by atoms with van der Waals surface area (Å²) >= 11 is 0. The number of aromatic hydroxyl groups is 1. The molecule has 0 unspecified atom stereocenters. The molecule has 14 heavy (non-hydrogen) atoms. The first-order valence-corrected chi connectivity index (χ1v) is 4.38. The summed E-state index contributed by atoms with van der Waals surface area (Å²) in [6, 6.07) is 7.62. The van der Waals surface area contributed by atoms with E-state index in [2.05, 4.69) is 0 Å². The maximum absolute atomic E-state index is 9.45. The second kappa shape index (κ2) is 2.54. The van der Waals surface area contributed by atoms with Gasteiger partial charge in [0, 0.05) is 0 Å². The molecule has 3 rings (SSSR count). The highest BCUT2D eigenvalue weighted by Gasteiger charge is 2.22. The van der Waals surface area contributed by atoms with E-state index in [4.69, 9.17) is 9.15 Å². The van der Waals surface area contributed by atoms with E-state index in [1.807, 2.05) is 24.3 Å². The molecule has 1 aliphatic rings. The standard InChI is InChI=1S/C11H8O3/c12-9-6-14-11-7-3-1-2-4-10(7)13-5-8(9)11/h1-4,6,12H,5H2. The summed E-state index contributed by atoms with van der Waals surface area (Å²) in [4.78, 5) is 0. The van der Waals surface area contributed by atoms with E-state index in [-0.39, 0.29) is 5.75 Å². The second-order valence-electron chi connectivity index (χ2n) is 3.21. The Hall–Kier alpha value is -1.90. The summed E-state index contributed by atoms with van der Waals surface area (Å²) in [6.07, 6.45) is 1.34. The van der Waals surface area contributed by atoms with Crippen LogP contribution in [-0.4, -0.2) is 5.11 Å². The van der Waals surface area contributed by atoms with Crippen LogP contribution in [0.15, 0.2) is 34.9 Å². The number of hydrogen-bond donors (Lipinski definition) is 1. The van der Waals surface area contributed by atoms with E-state index in [9.17, 15) is 5.11 Å². The van der Waals surface area contributed by atoms with Crippen LogP contribution in [0.5, 0.6) is 11.5 Å². The van der Waals surface area contributed by atoms with Gasteiger partial charge in [0.05, 0.1) is 11.1 Å². The minimum Gasteiger partial charge on any atom is -0.504 e. The first-order valence-electron chi connectivity index (χ1n) is 4.38. The van der Waals surface area contributed by atoms with Gasteiger partial charge in [0.2, 0.25) is 0 Å². The van der Waals surface area contributed by atoms with Gasteiger partial charge in [0.1, 0.15) is 24.4 Å². The molecule has 3 heteroatoms. The fourth-order valence-electron chi connectivity index (χ4n) is 1.67. The van der Waals surface area contributed by atoms with E-state index in [0.717, 1.165) is 16.9 Å². The van der Waals surface area contributed by atoms with Gasteiger partial charge in [0.15, 0.2) is 5.75 Å². The molecular weight excluding hydrogens is 180 g/mol. The maximum atomic E-state index is 9.45. The van der Waals surface area contributed by atoms with Crippen LogP contribution in [0, 0.1) is 0 Å². The maximum Gasteiger partial charge on any atom is 0.161 e. The van der Waals surface area contributed by atoms with Crippen molar-refractivity contribution in [2.45, 2.75) is 6.61 Å². The first kappa shape index (κ1) is 7.50. The lowest BCUT2D eigenvalue weighted by atomic mass is 10.1. The Labute approximate surface area is 80.5 Å². The summed E-state index contributed by atoms with van der Waals surface area (Å²) < 4.78 is 10.8. The molecule has 1 aliphatic heterocycles. The molecule has 2 aromatic rings. The average Bonchev–Trinajstić information content (AvgIpc) is 2.61. The Balaban J connectivity index is 2.29. The monoisotopic (exact) mass is 188 g/mol. The van der Waals surface area contributed by atoms with Gasteiger partial charge in [-0.2, -0.15) is 0 Å². The van der Waals surface area contributed by atoms with Crippen molar-refractivity contribution in [1.82, 2.24) is 0 Å². The zero-order chi connectivity index (χ0) is 9.54. The van der Waals surface area contributed by atoms with Gasteiger partial charge in [-0.25, -0.2) is 0 Å². The second-order valence-corrected chi connectivity index (χ2v) is 3.21. The van der Waals surface area contributed by atoms with E-state index >= 15 is 0 Å². The van der Waals surface area contributed by atoms with Gasteiger partial charge in [-0.1, -0.05) is 12.1 Å². The summed E-state index contributed by atoms with van der Waals surface area (Å²) in [5.74, 6) is 1.67. The van der Waals surface area contributed by atoms with Gasteiger partial charge in [0.25, 0.3) is 0 Å².